The molecule has 0 saturated heterocycles. The Morgan fingerprint density at radius 1 is 1.07 bits per heavy atom. The highest BCUT2D eigenvalue weighted by molar-refractivity contribution is 6.34. The van der Waals surface area contributed by atoms with Gasteiger partial charge in [0.15, 0.2) is 0 Å². The van der Waals surface area contributed by atoms with Crippen molar-refractivity contribution in [3.05, 3.63) is 82.2 Å². The molecule has 0 aliphatic carbocycles. The number of aromatic nitrogens is 2. The number of benzene rings is 1. The van der Waals surface area contributed by atoms with Crippen LogP contribution in [0.25, 0.3) is 11.3 Å². The van der Waals surface area contributed by atoms with E-state index < -0.39 is 11.7 Å². The van der Waals surface area contributed by atoms with E-state index in [-0.39, 0.29) is 10.7 Å². The highest BCUT2D eigenvalue weighted by atomic mass is 35.5. The van der Waals surface area contributed by atoms with Gasteiger partial charge in [-0.3, -0.25) is 9.97 Å². The Hall–Kier alpha value is -2.64. The molecule has 2 aromatic heterocycles. The Morgan fingerprint density at radius 2 is 1.79 bits per heavy atom. The molecule has 29 heavy (non-hydrogen) atoms. The molecule has 0 saturated carbocycles. The summed E-state index contributed by atoms with van der Waals surface area (Å²) in [6.07, 6.45) is 1.15. The zero-order chi connectivity index (χ0) is 21.3. The fraction of sp³-hybridized carbons (Fsp3) is 0.150. The fourth-order valence-electron chi connectivity index (χ4n) is 2.08. The summed E-state index contributed by atoms with van der Waals surface area (Å²) in [4.78, 5) is 12.5. The lowest BCUT2D eigenvalue weighted by molar-refractivity contribution is -0.137. The topological polar surface area (TPSA) is 47.4 Å². The first-order valence-electron chi connectivity index (χ1n) is 8.36. The van der Waals surface area contributed by atoms with E-state index in [2.05, 4.69) is 15.1 Å². The van der Waals surface area contributed by atoms with E-state index in [0.29, 0.717) is 22.8 Å². The Bertz CT molecular complexity index is 925. The van der Waals surface area contributed by atoms with Crippen LogP contribution in [0.4, 0.5) is 13.2 Å². The largest absolute Gasteiger partial charge is 0.417 e. The average Bonchev–Trinajstić information content (AvgIpc) is 2.71. The first-order valence-corrected chi connectivity index (χ1v) is 9.11. The van der Waals surface area contributed by atoms with E-state index >= 15 is 0 Å². The van der Waals surface area contributed by atoms with Crippen LogP contribution >= 0.6 is 23.2 Å². The smallest absolute Gasteiger partial charge is 0.396 e. The molecule has 0 N–H and O–H groups in total. The lowest BCUT2D eigenvalue weighted by Crippen LogP contribution is -2.05. The van der Waals surface area contributed by atoms with Gasteiger partial charge < -0.3 is 4.84 Å². The van der Waals surface area contributed by atoms with Gasteiger partial charge in [-0.15, -0.1) is 0 Å². The van der Waals surface area contributed by atoms with Crippen molar-refractivity contribution in [2.45, 2.75) is 13.1 Å². The number of nitrogens with zero attached hydrogens (tertiary/aromatic N) is 3. The summed E-state index contributed by atoms with van der Waals surface area (Å²) in [5, 5.41) is 4.03. The number of alkyl halides is 3. The monoisotopic (exact) mass is 441 g/mol. The molecule has 0 aliphatic rings. The van der Waals surface area contributed by atoms with Gasteiger partial charge in [-0.2, -0.15) is 13.2 Å². The third-order valence-electron chi connectivity index (χ3n) is 3.40. The first-order chi connectivity index (χ1) is 13.8. The maximum Gasteiger partial charge on any atom is 0.417 e. The molecular formula is C20H16Cl2F3N3O. The second kappa shape index (κ2) is 10.8. The normalized spacial score (nSPS) is 11.1. The van der Waals surface area contributed by atoms with E-state index in [1.54, 1.807) is 37.5 Å². The molecule has 0 bridgehead atoms. The average molecular weight is 442 g/mol. The molecule has 2 heterocycles. The maximum atomic E-state index is 12.6. The third-order valence-corrected chi connectivity index (χ3v) is 4.03. The number of halogens is 5. The van der Waals surface area contributed by atoms with Gasteiger partial charge in [-0.05, 0) is 37.3 Å². The molecule has 9 heteroatoms. The van der Waals surface area contributed by atoms with Gasteiger partial charge in [0, 0.05) is 34.7 Å². The molecule has 1 aromatic carbocycles. The highest BCUT2D eigenvalue weighted by Crippen LogP contribution is 2.34. The summed E-state index contributed by atoms with van der Waals surface area (Å²) < 4.78 is 37.9. The Balaban J connectivity index is 0.000000426. The lowest BCUT2D eigenvalue weighted by Gasteiger charge is -2.10. The van der Waals surface area contributed by atoms with Crippen molar-refractivity contribution >= 4 is 29.4 Å². The van der Waals surface area contributed by atoms with Gasteiger partial charge in [-0.1, -0.05) is 40.5 Å². The molecule has 0 unspecified atom stereocenters. The van der Waals surface area contributed by atoms with Crippen molar-refractivity contribution in [2.75, 3.05) is 6.61 Å². The molecular weight excluding hydrogens is 426 g/mol. The van der Waals surface area contributed by atoms with Crippen molar-refractivity contribution < 1.29 is 18.0 Å². The van der Waals surface area contributed by atoms with Crippen molar-refractivity contribution in [1.29, 1.82) is 0 Å². The molecule has 0 amide bonds. The quantitative estimate of drug-likeness (QED) is 0.341. The van der Waals surface area contributed by atoms with E-state index in [4.69, 9.17) is 28.0 Å². The molecule has 0 aliphatic heterocycles. The Labute approximate surface area is 176 Å². The van der Waals surface area contributed by atoms with Crippen molar-refractivity contribution in [2.24, 2.45) is 5.16 Å². The van der Waals surface area contributed by atoms with Crippen molar-refractivity contribution in [3.63, 3.8) is 0 Å². The maximum absolute atomic E-state index is 12.6. The molecule has 0 fully saturated rings. The van der Waals surface area contributed by atoms with Crippen molar-refractivity contribution in [3.8, 4) is 11.3 Å². The van der Waals surface area contributed by atoms with Crippen molar-refractivity contribution in [1.82, 2.24) is 9.97 Å². The second-order valence-corrected chi connectivity index (χ2v) is 6.28. The van der Waals surface area contributed by atoms with Gasteiger partial charge in [0.05, 0.1) is 22.5 Å². The Kier molecular flexibility index (Phi) is 8.42. The standard InChI is InChI=1S/C15H11Cl2F3N2O.C5H5N/c1-2-23-22-7-10-5-9(3-4-12(10)16)14-13(17)6-11(8-21-14)15(18,19)20;1-2-4-6-5-3-1/h3-8H,2H2,1H3;1-5H. The number of rotatable bonds is 4. The fourth-order valence-corrected chi connectivity index (χ4v) is 2.52. The second-order valence-electron chi connectivity index (χ2n) is 5.47. The highest BCUT2D eigenvalue weighted by Gasteiger charge is 2.31. The first kappa shape index (κ1) is 22.6. The van der Waals surface area contributed by atoms with Crippen LogP contribution in [0, 0.1) is 0 Å². The summed E-state index contributed by atoms with van der Waals surface area (Å²) in [7, 11) is 0. The van der Waals surface area contributed by atoms with Crippen LogP contribution in [0.1, 0.15) is 18.1 Å². The van der Waals surface area contributed by atoms with Gasteiger partial charge in [0.2, 0.25) is 0 Å². The summed E-state index contributed by atoms with van der Waals surface area (Å²) >= 11 is 12.0. The van der Waals surface area contributed by atoms with Crippen LogP contribution in [0.3, 0.4) is 0 Å². The molecule has 3 rings (SSSR count). The lowest BCUT2D eigenvalue weighted by atomic mass is 10.1. The summed E-state index contributed by atoms with van der Waals surface area (Å²) in [5.41, 5.74) is 0.377. The minimum absolute atomic E-state index is 0.102. The molecule has 3 aromatic rings. The molecule has 0 radical (unpaired) electrons. The van der Waals surface area contributed by atoms with Gasteiger partial charge in [0.1, 0.15) is 6.61 Å². The predicted molar refractivity (Wildman–Crippen MR) is 108 cm³/mol. The minimum Gasteiger partial charge on any atom is -0.396 e. The summed E-state index contributed by atoms with van der Waals surface area (Å²) in [6, 6.07) is 11.4. The van der Waals surface area contributed by atoms with Crippen LogP contribution in [-0.4, -0.2) is 22.8 Å². The van der Waals surface area contributed by atoms with Crippen LogP contribution in [0.5, 0.6) is 0 Å². The zero-order valence-electron chi connectivity index (χ0n) is 15.2. The SMILES string of the molecule is CCON=Cc1cc(-c2ncc(C(F)(F)F)cc2Cl)ccc1Cl.c1ccncc1. The van der Waals surface area contributed by atoms with Crippen LogP contribution in [-0.2, 0) is 11.0 Å². The number of oxime groups is 1. The molecule has 4 nitrogen and oxygen atoms in total. The van der Waals surface area contributed by atoms with Gasteiger partial charge in [0.25, 0.3) is 0 Å². The third kappa shape index (κ3) is 7.03. The van der Waals surface area contributed by atoms with Crippen LogP contribution in [0.15, 0.2) is 66.2 Å². The molecule has 0 atom stereocenters. The summed E-state index contributed by atoms with van der Waals surface area (Å²) in [6.45, 7) is 2.18. The predicted octanol–water partition coefficient (Wildman–Crippen LogP) is 6.53. The summed E-state index contributed by atoms with van der Waals surface area (Å²) in [5.74, 6) is 0. The van der Waals surface area contributed by atoms with E-state index in [9.17, 15) is 13.2 Å². The van der Waals surface area contributed by atoms with Gasteiger partial charge in [-0.25, -0.2) is 0 Å². The van der Waals surface area contributed by atoms with Gasteiger partial charge >= 0.3 is 6.18 Å². The Morgan fingerprint density at radius 3 is 2.31 bits per heavy atom. The number of hydrogen-bond donors (Lipinski definition) is 0. The molecule has 152 valence electrons. The van der Waals surface area contributed by atoms with E-state index in [0.717, 1.165) is 12.3 Å². The molecule has 0 spiro atoms. The minimum atomic E-state index is -4.50. The van der Waals surface area contributed by atoms with Crippen LogP contribution < -0.4 is 0 Å². The number of hydrogen-bond acceptors (Lipinski definition) is 4. The van der Waals surface area contributed by atoms with E-state index in [1.807, 2.05) is 18.2 Å². The van der Waals surface area contributed by atoms with E-state index in [1.165, 1.54) is 6.21 Å². The van der Waals surface area contributed by atoms with Crippen LogP contribution in [0.2, 0.25) is 10.0 Å². The zero-order valence-corrected chi connectivity index (χ0v) is 16.7. The number of pyridine rings is 2.